The fourth-order valence-electron chi connectivity index (χ4n) is 2.62. The average Bonchev–Trinajstić information content (AvgIpc) is 2.62. The van der Waals surface area contributed by atoms with Crippen molar-refractivity contribution in [1.29, 1.82) is 0 Å². The van der Waals surface area contributed by atoms with Crippen molar-refractivity contribution < 1.29 is 9.18 Å². The van der Waals surface area contributed by atoms with Crippen LogP contribution in [0.2, 0.25) is 0 Å². The molecule has 0 aromatic heterocycles. The molecule has 2 heterocycles. The first-order valence-corrected chi connectivity index (χ1v) is 6.90. The van der Waals surface area contributed by atoms with Gasteiger partial charge in [-0.3, -0.25) is 4.79 Å². The van der Waals surface area contributed by atoms with Gasteiger partial charge < -0.3 is 10.6 Å². The summed E-state index contributed by atoms with van der Waals surface area (Å²) in [6, 6.07) is 0. The normalized spacial score (nSPS) is 35.4. The first kappa shape index (κ1) is 14.0. The number of ketones is 1. The summed E-state index contributed by atoms with van der Waals surface area (Å²) >= 11 is 0. The number of carbonyl (C=O) groups is 1. The minimum atomic E-state index is -0.350. The van der Waals surface area contributed by atoms with E-state index < -0.39 is 0 Å². The van der Waals surface area contributed by atoms with Crippen LogP contribution in [0, 0.1) is 0 Å². The van der Waals surface area contributed by atoms with Gasteiger partial charge in [-0.2, -0.15) is 0 Å². The highest BCUT2D eigenvalue weighted by Gasteiger charge is 2.31. The highest BCUT2D eigenvalue weighted by Crippen LogP contribution is 2.25. The van der Waals surface area contributed by atoms with Crippen molar-refractivity contribution in [2.45, 2.75) is 37.6 Å². The zero-order chi connectivity index (χ0) is 13.6. The Balaban J connectivity index is 2.17. The summed E-state index contributed by atoms with van der Waals surface area (Å²) in [7, 11) is 0. The van der Waals surface area contributed by atoms with Crippen LogP contribution in [0.3, 0.4) is 0 Å². The standard InChI is InChI=1S/C15H21FN2O/c16-13-4-1-2-10-18-15(12-14(19)6-5-13)7-3-9-17-11-8-15/h2,4-6,10,17-18H,1,3,7-9,11-12H2/b6-5+,10-2+,13-4+. The van der Waals surface area contributed by atoms with Crippen LogP contribution in [-0.4, -0.2) is 24.4 Å². The summed E-state index contributed by atoms with van der Waals surface area (Å²) in [5.74, 6) is -0.371. The van der Waals surface area contributed by atoms with Gasteiger partial charge in [0.2, 0.25) is 0 Å². The van der Waals surface area contributed by atoms with Crippen LogP contribution in [0.15, 0.2) is 36.3 Å². The Hall–Kier alpha value is -1.42. The van der Waals surface area contributed by atoms with Crippen LogP contribution < -0.4 is 10.6 Å². The summed E-state index contributed by atoms with van der Waals surface area (Å²) in [6.45, 7) is 1.90. The van der Waals surface area contributed by atoms with Gasteiger partial charge in [0.1, 0.15) is 5.83 Å². The van der Waals surface area contributed by atoms with E-state index in [0.29, 0.717) is 12.8 Å². The Bertz CT molecular complexity index is 404. The summed E-state index contributed by atoms with van der Waals surface area (Å²) in [5.41, 5.74) is -0.192. The quantitative estimate of drug-likeness (QED) is 0.706. The second-order valence-electron chi connectivity index (χ2n) is 5.23. The van der Waals surface area contributed by atoms with Gasteiger partial charge >= 0.3 is 0 Å². The highest BCUT2D eigenvalue weighted by atomic mass is 19.1. The molecule has 0 radical (unpaired) electrons. The molecule has 2 aliphatic heterocycles. The van der Waals surface area contributed by atoms with E-state index in [0.717, 1.165) is 32.4 Å². The summed E-state index contributed by atoms with van der Waals surface area (Å²) in [6.07, 6.45) is 11.7. The molecule has 0 bridgehead atoms. The van der Waals surface area contributed by atoms with E-state index in [1.54, 1.807) is 0 Å². The molecule has 0 amide bonds. The fourth-order valence-corrected chi connectivity index (χ4v) is 2.62. The Kier molecular flexibility index (Phi) is 4.91. The van der Waals surface area contributed by atoms with Crippen molar-refractivity contribution in [2.75, 3.05) is 13.1 Å². The second kappa shape index (κ2) is 6.66. The lowest BCUT2D eigenvalue weighted by Crippen LogP contribution is -2.44. The lowest BCUT2D eigenvalue weighted by atomic mass is 9.85. The van der Waals surface area contributed by atoms with Gasteiger partial charge in [0.25, 0.3) is 0 Å². The van der Waals surface area contributed by atoms with E-state index in [1.165, 1.54) is 18.2 Å². The summed E-state index contributed by atoms with van der Waals surface area (Å²) < 4.78 is 13.3. The fraction of sp³-hybridized carbons (Fsp3) is 0.533. The molecular weight excluding hydrogens is 243 g/mol. The van der Waals surface area contributed by atoms with E-state index in [4.69, 9.17) is 0 Å². The van der Waals surface area contributed by atoms with E-state index >= 15 is 0 Å². The van der Waals surface area contributed by atoms with Crippen molar-refractivity contribution in [1.82, 2.24) is 10.6 Å². The van der Waals surface area contributed by atoms with Gasteiger partial charge in [0.15, 0.2) is 5.78 Å². The number of allylic oxidation sites excluding steroid dienone is 5. The maximum absolute atomic E-state index is 13.3. The molecule has 0 saturated carbocycles. The maximum atomic E-state index is 13.3. The van der Waals surface area contributed by atoms with Crippen LogP contribution >= 0.6 is 0 Å². The van der Waals surface area contributed by atoms with Gasteiger partial charge in [-0.05, 0) is 63.2 Å². The Labute approximate surface area is 113 Å². The van der Waals surface area contributed by atoms with Gasteiger partial charge in [-0.1, -0.05) is 6.08 Å². The molecule has 1 unspecified atom stereocenters. The first-order valence-electron chi connectivity index (χ1n) is 6.90. The minimum absolute atomic E-state index is 0.0201. The summed E-state index contributed by atoms with van der Waals surface area (Å²) in [4.78, 5) is 12.0. The topological polar surface area (TPSA) is 41.1 Å². The van der Waals surface area contributed by atoms with Gasteiger partial charge in [-0.25, -0.2) is 4.39 Å². The van der Waals surface area contributed by atoms with E-state index in [-0.39, 0.29) is 17.1 Å². The van der Waals surface area contributed by atoms with Gasteiger partial charge in [0, 0.05) is 12.0 Å². The van der Waals surface area contributed by atoms with Gasteiger partial charge in [0.05, 0.1) is 0 Å². The van der Waals surface area contributed by atoms with E-state index in [9.17, 15) is 9.18 Å². The van der Waals surface area contributed by atoms with Gasteiger partial charge in [-0.15, -0.1) is 0 Å². The summed E-state index contributed by atoms with van der Waals surface area (Å²) in [5, 5.41) is 6.74. The predicted octanol–water partition coefficient (Wildman–Crippen LogP) is 2.37. The van der Waals surface area contributed by atoms with Crippen molar-refractivity contribution in [3.05, 3.63) is 36.3 Å². The third-order valence-corrected chi connectivity index (χ3v) is 3.69. The second-order valence-corrected chi connectivity index (χ2v) is 5.23. The lowest BCUT2D eigenvalue weighted by molar-refractivity contribution is -0.116. The monoisotopic (exact) mass is 264 g/mol. The number of nitrogens with one attached hydrogen (secondary N) is 2. The molecular formula is C15H21FN2O. The molecule has 1 atom stereocenters. The maximum Gasteiger partial charge on any atom is 0.158 e. The molecule has 1 fully saturated rings. The predicted molar refractivity (Wildman–Crippen MR) is 74.3 cm³/mol. The molecule has 0 aromatic rings. The zero-order valence-corrected chi connectivity index (χ0v) is 11.1. The lowest BCUT2D eigenvalue weighted by Gasteiger charge is -2.32. The molecule has 2 rings (SSSR count). The number of hydrogen-bond donors (Lipinski definition) is 2. The average molecular weight is 264 g/mol. The molecule has 19 heavy (non-hydrogen) atoms. The third kappa shape index (κ3) is 4.31. The van der Waals surface area contributed by atoms with Crippen LogP contribution in [0.4, 0.5) is 4.39 Å². The number of carbonyl (C=O) groups excluding carboxylic acids is 1. The smallest absolute Gasteiger partial charge is 0.158 e. The largest absolute Gasteiger partial charge is 0.385 e. The first-order chi connectivity index (χ1) is 9.20. The zero-order valence-electron chi connectivity index (χ0n) is 11.1. The molecule has 104 valence electrons. The van der Waals surface area contributed by atoms with Crippen LogP contribution in [0.1, 0.15) is 32.1 Å². The molecule has 3 nitrogen and oxygen atoms in total. The molecule has 1 spiro atoms. The third-order valence-electron chi connectivity index (χ3n) is 3.69. The Morgan fingerprint density at radius 1 is 1.21 bits per heavy atom. The van der Waals surface area contributed by atoms with Crippen molar-refractivity contribution >= 4 is 5.78 Å². The molecule has 2 aliphatic rings. The minimum Gasteiger partial charge on any atom is -0.385 e. The highest BCUT2D eigenvalue weighted by molar-refractivity contribution is 5.90. The van der Waals surface area contributed by atoms with E-state index in [2.05, 4.69) is 10.6 Å². The molecule has 0 aliphatic carbocycles. The Morgan fingerprint density at radius 3 is 3.00 bits per heavy atom. The van der Waals surface area contributed by atoms with Crippen LogP contribution in [-0.2, 0) is 4.79 Å². The number of halogens is 1. The van der Waals surface area contributed by atoms with Crippen molar-refractivity contribution in [3.8, 4) is 0 Å². The Morgan fingerprint density at radius 2 is 2.11 bits per heavy atom. The van der Waals surface area contributed by atoms with Crippen LogP contribution in [0.25, 0.3) is 0 Å². The van der Waals surface area contributed by atoms with Crippen LogP contribution in [0.5, 0.6) is 0 Å². The molecule has 1 saturated heterocycles. The van der Waals surface area contributed by atoms with Crippen molar-refractivity contribution in [3.63, 3.8) is 0 Å². The molecule has 4 heteroatoms. The number of hydrogen-bond acceptors (Lipinski definition) is 3. The molecule has 0 aromatic carbocycles. The van der Waals surface area contributed by atoms with E-state index in [1.807, 2.05) is 12.3 Å². The number of rotatable bonds is 0. The molecule has 2 N–H and O–H groups in total. The van der Waals surface area contributed by atoms with Crippen molar-refractivity contribution in [2.24, 2.45) is 0 Å². The SMILES string of the molecule is O=C1/C=C/C(F)=C\C/C=C/NC2(CCCNCC2)C1.